The van der Waals surface area contributed by atoms with E-state index in [1.165, 1.54) is 0 Å². The number of alkyl halides is 1. The van der Waals surface area contributed by atoms with Crippen molar-refractivity contribution in [2.45, 2.75) is 24.8 Å². The van der Waals surface area contributed by atoms with E-state index in [0.717, 1.165) is 52.9 Å². The lowest BCUT2D eigenvalue weighted by Crippen LogP contribution is -2.42. The molecular formula is C27H29ClN4O3. The van der Waals surface area contributed by atoms with Crippen LogP contribution in [0.25, 0.3) is 0 Å². The summed E-state index contributed by atoms with van der Waals surface area (Å²) in [6.07, 6.45) is 1.31. The first-order valence-corrected chi connectivity index (χ1v) is 12.4. The van der Waals surface area contributed by atoms with Crippen LogP contribution in [0.5, 0.6) is 5.75 Å². The first-order chi connectivity index (χ1) is 17.1. The molecule has 0 saturated carbocycles. The highest BCUT2D eigenvalue weighted by molar-refractivity contribution is 6.30. The number of fused-ring (bicyclic) bond motifs is 1. The Kier molecular flexibility index (Phi) is 7.16. The molecule has 0 spiro atoms. The average Bonchev–Trinajstić information content (AvgIpc) is 2.93. The fraction of sp³-hybridized carbons (Fsp3) is 0.370. The topological polar surface area (TPSA) is 67.8 Å². The molecule has 3 heterocycles. The zero-order valence-electron chi connectivity index (χ0n) is 19.8. The molecule has 1 atom stereocenters. The van der Waals surface area contributed by atoms with E-state index in [1.54, 1.807) is 7.11 Å². The number of benzene rings is 2. The van der Waals surface area contributed by atoms with Gasteiger partial charge in [0, 0.05) is 38.0 Å². The molecule has 1 aromatic heterocycles. The van der Waals surface area contributed by atoms with Crippen molar-refractivity contribution >= 4 is 23.3 Å². The van der Waals surface area contributed by atoms with Gasteiger partial charge in [-0.15, -0.1) is 11.6 Å². The molecule has 1 saturated heterocycles. The van der Waals surface area contributed by atoms with Gasteiger partial charge in [0.2, 0.25) is 5.91 Å². The molecule has 0 bridgehead atoms. The Balaban J connectivity index is 1.42. The Labute approximate surface area is 210 Å². The Morgan fingerprint density at radius 3 is 2.51 bits per heavy atom. The van der Waals surface area contributed by atoms with Crippen LogP contribution in [-0.2, 0) is 28.9 Å². The zero-order chi connectivity index (χ0) is 24.2. The monoisotopic (exact) mass is 492 g/mol. The van der Waals surface area contributed by atoms with E-state index in [1.807, 2.05) is 59.5 Å². The number of anilines is 1. The van der Waals surface area contributed by atoms with Gasteiger partial charge >= 0.3 is 0 Å². The number of morpholine rings is 1. The van der Waals surface area contributed by atoms with Crippen LogP contribution >= 0.6 is 11.6 Å². The maximum absolute atomic E-state index is 13.3. The van der Waals surface area contributed by atoms with Crippen molar-refractivity contribution in [2.75, 3.05) is 44.9 Å². The molecule has 8 heteroatoms. The predicted octanol–water partition coefficient (Wildman–Crippen LogP) is 3.78. The predicted molar refractivity (Wildman–Crippen MR) is 135 cm³/mol. The van der Waals surface area contributed by atoms with E-state index in [2.05, 4.69) is 4.90 Å². The van der Waals surface area contributed by atoms with Crippen molar-refractivity contribution in [2.24, 2.45) is 0 Å². The van der Waals surface area contributed by atoms with Crippen molar-refractivity contribution in [3.8, 4) is 5.75 Å². The van der Waals surface area contributed by atoms with Crippen molar-refractivity contribution < 1.29 is 14.3 Å². The van der Waals surface area contributed by atoms with E-state index in [4.69, 9.17) is 31.0 Å². The molecule has 2 aliphatic heterocycles. The number of carbonyl (C=O) groups excluding carboxylic acids is 1. The summed E-state index contributed by atoms with van der Waals surface area (Å²) in [6, 6.07) is 17.5. The molecule has 0 radical (unpaired) electrons. The number of methoxy groups -OCH3 is 1. The number of nitrogens with zero attached hydrogens (tertiary/aromatic N) is 4. The number of aromatic nitrogens is 2. The van der Waals surface area contributed by atoms with E-state index >= 15 is 0 Å². The van der Waals surface area contributed by atoms with Gasteiger partial charge in [-0.3, -0.25) is 4.79 Å². The van der Waals surface area contributed by atoms with Gasteiger partial charge in [-0.25, -0.2) is 9.97 Å². The van der Waals surface area contributed by atoms with Gasteiger partial charge in [0.05, 0.1) is 32.6 Å². The molecule has 1 unspecified atom stereocenters. The third-order valence-electron chi connectivity index (χ3n) is 6.54. The third-order valence-corrected chi connectivity index (χ3v) is 6.98. The maximum Gasteiger partial charge on any atom is 0.245 e. The Bertz CT molecular complexity index is 1170. The minimum atomic E-state index is -0.708. The van der Waals surface area contributed by atoms with Gasteiger partial charge in [0.25, 0.3) is 0 Å². The smallest absolute Gasteiger partial charge is 0.245 e. The summed E-state index contributed by atoms with van der Waals surface area (Å²) in [5.41, 5.74) is 3.96. The Morgan fingerprint density at radius 2 is 1.80 bits per heavy atom. The minimum absolute atomic E-state index is 0.0845. The first kappa shape index (κ1) is 23.6. The summed E-state index contributed by atoms with van der Waals surface area (Å²) in [6.45, 7) is 3.90. The molecule has 0 aliphatic carbocycles. The number of hydrogen-bond donors (Lipinski definition) is 0. The summed E-state index contributed by atoms with van der Waals surface area (Å²) in [4.78, 5) is 27.3. The Hall–Kier alpha value is -3.16. The van der Waals surface area contributed by atoms with Crippen LogP contribution in [0.3, 0.4) is 0 Å². The van der Waals surface area contributed by atoms with Gasteiger partial charge in [0.15, 0.2) is 0 Å². The number of ether oxygens (including phenoxy) is 2. The highest BCUT2D eigenvalue weighted by Gasteiger charge is 2.31. The van der Waals surface area contributed by atoms with E-state index in [0.29, 0.717) is 39.1 Å². The van der Waals surface area contributed by atoms with Gasteiger partial charge in [-0.2, -0.15) is 0 Å². The molecule has 7 nitrogen and oxygen atoms in total. The van der Waals surface area contributed by atoms with Gasteiger partial charge < -0.3 is 19.3 Å². The second-order valence-electron chi connectivity index (χ2n) is 8.80. The number of carbonyl (C=O) groups is 1. The van der Waals surface area contributed by atoms with Crippen molar-refractivity contribution in [1.82, 2.24) is 14.9 Å². The lowest BCUT2D eigenvalue weighted by Gasteiger charge is -2.35. The zero-order valence-corrected chi connectivity index (χ0v) is 20.6. The molecule has 182 valence electrons. The summed E-state index contributed by atoms with van der Waals surface area (Å²) in [7, 11) is 1.66. The van der Waals surface area contributed by atoms with Crippen molar-refractivity contribution in [1.29, 1.82) is 0 Å². The Morgan fingerprint density at radius 1 is 1.06 bits per heavy atom. The van der Waals surface area contributed by atoms with Crippen LogP contribution in [-0.4, -0.2) is 60.7 Å². The minimum Gasteiger partial charge on any atom is -0.497 e. The molecule has 2 aliphatic rings. The molecule has 0 N–H and O–H groups in total. The number of halogens is 1. The molecule has 35 heavy (non-hydrogen) atoms. The van der Waals surface area contributed by atoms with Crippen LogP contribution in [0.15, 0.2) is 54.6 Å². The lowest BCUT2D eigenvalue weighted by molar-refractivity contribution is -0.131. The number of rotatable bonds is 6. The lowest BCUT2D eigenvalue weighted by atomic mass is 10.0. The fourth-order valence-electron chi connectivity index (χ4n) is 4.60. The molecule has 2 aromatic carbocycles. The quantitative estimate of drug-likeness (QED) is 0.488. The van der Waals surface area contributed by atoms with E-state index in [9.17, 15) is 4.79 Å². The SMILES string of the molecule is COc1ccc(Cc2nc3c(c(N4CCOCC4)n2)CN(C(=O)C(Cl)c2ccccc2)CC3)cc1. The highest BCUT2D eigenvalue weighted by Crippen LogP contribution is 2.31. The second-order valence-corrected chi connectivity index (χ2v) is 9.23. The van der Waals surface area contributed by atoms with Crippen LogP contribution in [0.4, 0.5) is 5.82 Å². The van der Waals surface area contributed by atoms with Crippen molar-refractivity contribution in [3.05, 3.63) is 82.8 Å². The van der Waals surface area contributed by atoms with Gasteiger partial charge in [-0.05, 0) is 23.3 Å². The molecular weight excluding hydrogens is 464 g/mol. The van der Waals surface area contributed by atoms with Crippen LogP contribution in [0.1, 0.15) is 33.6 Å². The van der Waals surface area contributed by atoms with E-state index < -0.39 is 5.38 Å². The summed E-state index contributed by atoms with van der Waals surface area (Å²) < 4.78 is 10.8. The molecule has 1 amide bonds. The van der Waals surface area contributed by atoms with Crippen LogP contribution in [0, 0.1) is 0 Å². The summed E-state index contributed by atoms with van der Waals surface area (Å²) in [5.74, 6) is 2.44. The number of amides is 1. The van der Waals surface area contributed by atoms with Gasteiger partial charge in [0.1, 0.15) is 22.8 Å². The van der Waals surface area contributed by atoms with Crippen LogP contribution in [0.2, 0.25) is 0 Å². The summed E-state index contributed by atoms with van der Waals surface area (Å²) >= 11 is 6.58. The largest absolute Gasteiger partial charge is 0.497 e. The molecule has 3 aromatic rings. The molecule has 5 rings (SSSR count). The second kappa shape index (κ2) is 10.6. The standard InChI is InChI=1S/C27H29ClN4O3/c1-34-21-9-7-19(8-10-21)17-24-29-23-11-12-32(27(33)25(28)20-5-3-2-4-6-20)18-22(23)26(30-24)31-13-15-35-16-14-31/h2-10,25H,11-18H2,1H3. The van der Waals surface area contributed by atoms with Crippen molar-refractivity contribution in [3.63, 3.8) is 0 Å². The average molecular weight is 493 g/mol. The molecule has 1 fully saturated rings. The summed E-state index contributed by atoms with van der Waals surface area (Å²) in [5, 5.41) is -0.708. The van der Waals surface area contributed by atoms with Gasteiger partial charge in [-0.1, -0.05) is 42.5 Å². The van der Waals surface area contributed by atoms with E-state index in [-0.39, 0.29) is 5.91 Å². The fourth-order valence-corrected chi connectivity index (χ4v) is 4.88. The number of hydrogen-bond acceptors (Lipinski definition) is 6. The van der Waals surface area contributed by atoms with Crippen LogP contribution < -0.4 is 9.64 Å². The maximum atomic E-state index is 13.3. The first-order valence-electron chi connectivity index (χ1n) is 11.9. The third kappa shape index (κ3) is 5.26. The highest BCUT2D eigenvalue weighted by atomic mass is 35.5. The normalized spacial score (nSPS) is 16.5.